The number of rotatable bonds is 35. The predicted molar refractivity (Wildman–Crippen MR) is 276 cm³/mol. The summed E-state index contributed by atoms with van der Waals surface area (Å²) in [6.45, 7) is 36.0. The van der Waals surface area contributed by atoms with E-state index >= 15 is 0 Å². The Hall–Kier alpha value is -1.91. The zero-order valence-corrected chi connectivity index (χ0v) is 49.7. The van der Waals surface area contributed by atoms with Crippen LogP contribution < -0.4 is 16.0 Å². The molecule has 25 heteroatoms. The Bertz CT molecular complexity index is 1470. The molecule has 3 unspecified atom stereocenters. The van der Waals surface area contributed by atoms with Crippen LogP contribution >= 0.6 is 7.82 Å². The van der Waals surface area contributed by atoms with Gasteiger partial charge < -0.3 is 57.0 Å². The fourth-order valence-electron chi connectivity index (χ4n) is 5.52. The zero-order chi connectivity index (χ0) is 55.3. The molecular weight excluding hydrogens is 990 g/mol. The normalized spacial score (nSPS) is 13.4. The smallest absolute Gasteiger partial charge is 0.463 e. The minimum atomic E-state index is -4.46. The van der Waals surface area contributed by atoms with Crippen LogP contribution in [0.3, 0.4) is 0 Å². The van der Waals surface area contributed by atoms with Crippen molar-refractivity contribution in [3.05, 3.63) is 0 Å². The fraction of sp³-hybridized carbons (Fsp3) is 0.911. The maximum absolute atomic E-state index is 11.7. The quantitative estimate of drug-likeness (QED) is 0.0122. The van der Waals surface area contributed by atoms with E-state index < -0.39 is 58.2 Å². The molecule has 21 nitrogen and oxygen atoms in total. The Balaban J connectivity index is -0.000000419. The van der Waals surface area contributed by atoms with Crippen LogP contribution in [-0.2, 0) is 69.7 Å². The number of hydrogen-bond acceptors (Lipinski definition) is 15. The summed E-state index contributed by atoms with van der Waals surface area (Å²) in [5.41, 5.74) is -1.53. The van der Waals surface area contributed by atoms with Gasteiger partial charge in [0.2, 0.25) is 17.7 Å². The first-order valence-corrected chi connectivity index (χ1v) is 31.9. The first-order valence-electron chi connectivity index (χ1n) is 24.9. The van der Waals surface area contributed by atoms with Gasteiger partial charge in [-0.2, -0.15) is 8.42 Å². The van der Waals surface area contributed by atoms with Crippen LogP contribution in [0, 0.1) is 23.2 Å². The van der Waals surface area contributed by atoms with Gasteiger partial charge in [0.1, 0.15) is 6.61 Å². The van der Waals surface area contributed by atoms with Crippen LogP contribution in [0.1, 0.15) is 156 Å². The van der Waals surface area contributed by atoms with E-state index in [-0.39, 0.29) is 48.7 Å². The molecule has 6 N–H and O–H groups in total. The summed E-state index contributed by atoms with van der Waals surface area (Å²) in [5, 5.41) is 8.48. The van der Waals surface area contributed by atoms with E-state index in [9.17, 15) is 32.2 Å². The molecule has 420 valence electrons. The summed E-state index contributed by atoms with van der Waals surface area (Å²) >= 11 is 0. The second-order valence-electron chi connectivity index (χ2n) is 17.5. The zero-order valence-electron chi connectivity index (χ0n) is 46.0. The molecule has 3 amide bonds. The Morgan fingerprint density at radius 3 is 1.19 bits per heavy atom. The predicted octanol–water partition coefficient (Wildman–Crippen LogP) is 7.06. The molecule has 0 aliphatic carbocycles. The highest BCUT2D eigenvalue weighted by Gasteiger charge is 2.40. The second kappa shape index (κ2) is 40.5. The highest BCUT2D eigenvalue weighted by atomic mass is 32.2. The summed E-state index contributed by atoms with van der Waals surface area (Å²) in [6, 6.07) is 1.48. The van der Waals surface area contributed by atoms with E-state index in [2.05, 4.69) is 20.5 Å². The lowest BCUT2D eigenvalue weighted by Crippen LogP contribution is -2.49. The highest BCUT2D eigenvalue weighted by molar-refractivity contribution is 7.85. The highest BCUT2D eigenvalue weighted by Crippen LogP contribution is 2.35. The van der Waals surface area contributed by atoms with E-state index in [1.54, 1.807) is 34.6 Å². The maximum Gasteiger partial charge on any atom is 0.500 e. The monoisotopic (exact) mass is 1090 g/mol. The van der Waals surface area contributed by atoms with Crippen LogP contribution in [0.2, 0.25) is 12.1 Å². The standard InChI is InChI=1S/2C14H31NO4Si.C9H19NO4S.C8H17O6P/c2*1-6-13(5)14(16)15-11-10-12-20(17-7-2,18-8-3)19-9-4;1-5-7(2)8(11)10-9(3,4)6-15(12,13)14;1-4-8(2,3)7(9)13-5-6-14-15(10,11)12/h2*13H,6-12H2,1-5H3,(H,15,16);7H,5-6H2,1-4H3,(H,10,11)(H,12,13,14);4-6H2,1-3H3,(H2,10,11,12). The number of phosphoric ester groups is 1. The summed E-state index contributed by atoms with van der Waals surface area (Å²) in [7, 11) is -13.6. The van der Waals surface area contributed by atoms with Crippen molar-refractivity contribution in [3.8, 4) is 0 Å². The molecule has 3 atom stereocenters. The first-order chi connectivity index (χ1) is 32.4. The molecule has 0 radical (unpaired) electrons. The number of carbonyl (C=O) groups is 4. The van der Waals surface area contributed by atoms with Gasteiger partial charge in [0.05, 0.1) is 23.3 Å². The van der Waals surface area contributed by atoms with Gasteiger partial charge in [0.15, 0.2) is 0 Å². The van der Waals surface area contributed by atoms with E-state index in [0.717, 1.165) is 37.8 Å². The van der Waals surface area contributed by atoms with Gasteiger partial charge in [-0.15, -0.1) is 0 Å². The molecule has 0 aliphatic rings. The van der Waals surface area contributed by atoms with E-state index in [4.69, 9.17) is 45.6 Å². The van der Waals surface area contributed by atoms with E-state index in [1.165, 1.54) is 0 Å². The SMILES string of the molecule is CCC(C)(C)C(=O)OCCOP(=O)(O)O.CCC(C)C(=O)NC(C)(C)CS(=O)(=O)O.CCO[Si](CCCNC(=O)C(C)CC)(OCC)OCC.CCO[Si](CCCNC(=O)C(C)CC)(OCC)OCC. The fourth-order valence-corrected chi connectivity index (χ4v) is 12.0. The molecule has 0 bridgehead atoms. The maximum atomic E-state index is 11.7. The number of phosphoric acid groups is 1. The molecule has 0 fully saturated rings. The third kappa shape index (κ3) is 39.6. The van der Waals surface area contributed by atoms with Gasteiger partial charge in [0.25, 0.3) is 10.1 Å². The van der Waals surface area contributed by atoms with Gasteiger partial charge in [-0.05, 0) is 108 Å². The van der Waals surface area contributed by atoms with Gasteiger partial charge in [-0.1, -0.05) is 48.5 Å². The Morgan fingerprint density at radius 2 is 0.914 bits per heavy atom. The first kappa shape index (κ1) is 74.6. The largest absolute Gasteiger partial charge is 0.500 e. The Kier molecular flexibility index (Phi) is 43.1. The average Bonchev–Trinajstić information content (AvgIpc) is 3.26. The number of esters is 1. The number of carbonyl (C=O) groups excluding carboxylic acids is 4. The summed E-state index contributed by atoms with van der Waals surface area (Å²) in [5.74, 6) is -0.878. The molecule has 0 saturated carbocycles. The lowest BCUT2D eigenvalue weighted by molar-refractivity contribution is -0.155. The van der Waals surface area contributed by atoms with Crippen LogP contribution in [0.5, 0.6) is 0 Å². The third-order valence-electron chi connectivity index (χ3n) is 10.3. The molecule has 0 saturated heterocycles. The van der Waals surface area contributed by atoms with Gasteiger partial charge >= 0.3 is 31.4 Å². The Labute approximate surface area is 424 Å². The van der Waals surface area contributed by atoms with E-state index in [0.29, 0.717) is 65.6 Å². The average molecular weight is 1090 g/mol. The van der Waals surface area contributed by atoms with Gasteiger partial charge in [0, 0.05) is 82.6 Å². The van der Waals surface area contributed by atoms with Crippen molar-refractivity contribution in [2.45, 2.75) is 174 Å². The lowest BCUT2D eigenvalue weighted by Gasteiger charge is -2.28. The van der Waals surface area contributed by atoms with Crippen molar-refractivity contribution in [3.63, 3.8) is 0 Å². The van der Waals surface area contributed by atoms with Crippen LogP contribution in [-0.4, -0.2) is 141 Å². The van der Waals surface area contributed by atoms with Crippen molar-refractivity contribution in [1.29, 1.82) is 0 Å². The lowest BCUT2D eigenvalue weighted by atomic mass is 9.91. The topological polar surface area (TPSA) is 290 Å². The van der Waals surface area contributed by atoms with Gasteiger partial charge in [-0.3, -0.25) is 28.3 Å². The molecule has 0 aromatic carbocycles. The van der Waals surface area contributed by atoms with E-state index in [1.807, 2.05) is 83.1 Å². The minimum absolute atomic E-state index is 0.0719. The molecule has 70 heavy (non-hydrogen) atoms. The summed E-state index contributed by atoms with van der Waals surface area (Å²) in [4.78, 5) is 62.9. The van der Waals surface area contributed by atoms with Gasteiger partial charge in [-0.25, -0.2) is 4.57 Å². The molecular formula is C45H98N3O18PSSi2. The summed E-state index contributed by atoms with van der Waals surface area (Å²) < 4.78 is 83.8. The van der Waals surface area contributed by atoms with Crippen molar-refractivity contribution in [2.24, 2.45) is 23.2 Å². The number of amides is 3. The van der Waals surface area contributed by atoms with Crippen LogP contribution in [0.4, 0.5) is 0 Å². The summed E-state index contributed by atoms with van der Waals surface area (Å²) in [6.07, 6.45) is 4.67. The van der Waals surface area contributed by atoms with Crippen molar-refractivity contribution >= 4 is 59.2 Å². The molecule has 0 spiro atoms. The Morgan fingerprint density at radius 1 is 0.586 bits per heavy atom. The third-order valence-corrected chi connectivity index (χ3v) is 18.2. The number of hydrogen-bond donors (Lipinski definition) is 6. The van der Waals surface area contributed by atoms with Crippen molar-refractivity contribution < 1.29 is 82.3 Å². The molecule has 0 aromatic rings. The van der Waals surface area contributed by atoms with Crippen LogP contribution in [0.25, 0.3) is 0 Å². The molecule has 0 aromatic heterocycles. The van der Waals surface area contributed by atoms with Crippen molar-refractivity contribution in [2.75, 3.05) is 71.7 Å². The molecule has 0 heterocycles. The molecule has 0 aliphatic heterocycles. The minimum Gasteiger partial charge on any atom is -0.463 e. The number of nitrogens with one attached hydrogen (secondary N) is 3. The van der Waals surface area contributed by atoms with Crippen LogP contribution in [0.15, 0.2) is 0 Å². The van der Waals surface area contributed by atoms with Crippen molar-refractivity contribution in [1.82, 2.24) is 16.0 Å². The molecule has 0 rings (SSSR count). The number of ether oxygens (including phenoxy) is 1. The second-order valence-corrected chi connectivity index (χ2v) is 25.6.